The van der Waals surface area contributed by atoms with Crippen molar-refractivity contribution < 1.29 is 13.3 Å². The van der Waals surface area contributed by atoms with E-state index in [1.165, 1.54) is 24.7 Å². The van der Waals surface area contributed by atoms with Gasteiger partial charge in [0.25, 0.3) is 0 Å². The molecule has 2 aromatic carbocycles. The second-order valence-electron chi connectivity index (χ2n) is 7.99. The highest BCUT2D eigenvalue weighted by Gasteiger charge is 2.29. The fourth-order valence-corrected chi connectivity index (χ4v) is 4.31. The van der Waals surface area contributed by atoms with Crippen LogP contribution in [0.15, 0.2) is 49.3 Å². The quantitative estimate of drug-likeness (QED) is 0.406. The Hall–Kier alpha value is -3.13. The number of aromatic nitrogens is 2. The molecule has 1 aromatic heterocycles. The van der Waals surface area contributed by atoms with Crippen LogP contribution in [0.1, 0.15) is 18.4 Å². The molecule has 0 bridgehead atoms. The van der Waals surface area contributed by atoms with E-state index >= 15 is 0 Å². The highest BCUT2D eigenvalue weighted by molar-refractivity contribution is 8.00. The second kappa shape index (κ2) is 8.19. The summed E-state index contributed by atoms with van der Waals surface area (Å²) in [6.45, 7) is 5.73. The van der Waals surface area contributed by atoms with E-state index in [2.05, 4.69) is 32.5 Å². The minimum Gasteiger partial charge on any atom is -0.488 e. The summed E-state index contributed by atoms with van der Waals surface area (Å²) >= 11 is 0. The number of ether oxygens (including phenoxy) is 1. The van der Waals surface area contributed by atoms with Crippen molar-refractivity contribution in [3.8, 4) is 5.75 Å². The summed E-state index contributed by atoms with van der Waals surface area (Å²) < 4.78 is 34.9. The van der Waals surface area contributed by atoms with Crippen molar-refractivity contribution >= 4 is 43.7 Å². The molecule has 0 saturated heterocycles. The first-order valence-electron chi connectivity index (χ1n) is 9.93. The summed E-state index contributed by atoms with van der Waals surface area (Å²) in [5.41, 5.74) is 2.87. The first-order valence-corrected chi connectivity index (χ1v) is 12.1. The number of benzene rings is 2. The molecule has 4 rings (SSSR count). The van der Waals surface area contributed by atoms with Crippen LogP contribution in [0.3, 0.4) is 0 Å². The Bertz CT molecular complexity index is 1250. The zero-order chi connectivity index (χ0) is 22.2. The van der Waals surface area contributed by atoms with Crippen LogP contribution in [-0.4, -0.2) is 32.4 Å². The predicted octanol–water partition coefficient (Wildman–Crippen LogP) is 4.84. The first-order chi connectivity index (χ1) is 14.7. The average Bonchev–Trinajstić information content (AvgIpc) is 2.64. The average molecular weight is 441 g/mol. The lowest BCUT2D eigenvalue weighted by Crippen LogP contribution is -2.32. The molecular formula is C23H25FN4O2S. The molecule has 0 amide bonds. The SMILES string of the molecule is C=CC1CC(Oc2cc(F)ccc2Nc2ncnc3cc(NS(=C)(C)=O)cc(C)c23)C1. The smallest absolute Gasteiger partial charge is 0.146 e. The van der Waals surface area contributed by atoms with E-state index in [9.17, 15) is 8.60 Å². The molecule has 1 fully saturated rings. The minimum atomic E-state index is -2.41. The highest BCUT2D eigenvalue weighted by atomic mass is 32.2. The number of allylic oxidation sites excluding steroid dienone is 1. The lowest BCUT2D eigenvalue weighted by atomic mass is 9.82. The fraction of sp³-hybridized carbons (Fsp3) is 0.261. The molecule has 0 radical (unpaired) electrons. The van der Waals surface area contributed by atoms with Crippen LogP contribution in [0.5, 0.6) is 5.75 Å². The van der Waals surface area contributed by atoms with Gasteiger partial charge in [0.2, 0.25) is 0 Å². The van der Waals surface area contributed by atoms with Crippen LogP contribution in [0.4, 0.5) is 21.6 Å². The molecule has 6 nitrogen and oxygen atoms in total. The van der Waals surface area contributed by atoms with Gasteiger partial charge in [-0.15, -0.1) is 6.58 Å². The summed E-state index contributed by atoms with van der Waals surface area (Å²) in [7, 11) is -2.41. The predicted molar refractivity (Wildman–Crippen MR) is 126 cm³/mol. The Morgan fingerprint density at radius 3 is 2.74 bits per heavy atom. The number of rotatable bonds is 7. The van der Waals surface area contributed by atoms with Crippen LogP contribution in [0, 0.1) is 18.7 Å². The maximum Gasteiger partial charge on any atom is 0.146 e. The van der Waals surface area contributed by atoms with E-state index in [-0.39, 0.29) is 11.9 Å². The van der Waals surface area contributed by atoms with Crippen LogP contribution >= 0.6 is 0 Å². The Morgan fingerprint density at radius 1 is 1.26 bits per heavy atom. The molecule has 1 aliphatic carbocycles. The zero-order valence-corrected chi connectivity index (χ0v) is 18.3. The maximum absolute atomic E-state index is 13.9. The third kappa shape index (κ3) is 4.80. The number of aryl methyl sites for hydroxylation is 1. The van der Waals surface area contributed by atoms with Crippen LogP contribution in [0.2, 0.25) is 0 Å². The highest BCUT2D eigenvalue weighted by Crippen LogP contribution is 2.37. The summed E-state index contributed by atoms with van der Waals surface area (Å²) in [6.07, 6.45) is 6.69. The van der Waals surface area contributed by atoms with E-state index in [1.54, 1.807) is 12.1 Å². The standard InChI is InChI=1S/C23H25FN4O2S/c1-5-15-9-18(10-15)30-21-11-16(24)6-7-19(21)27-23-22-14(2)8-17(28-31(3,4)29)12-20(22)25-13-26-23/h5-8,11-13,15,18H,1,3,9-10H2,2,4H3,(H,28,29)(H,25,26,27). The molecule has 1 heterocycles. The van der Waals surface area contributed by atoms with E-state index in [0.29, 0.717) is 34.4 Å². The number of hydrogen-bond donors (Lipinski definition) is 2. The molecular weight excluding hydrogens is 415 g/mol. The molecule has 2 N–H and O–H groups in total. The number of anilines is 3. The van der Waals surface area contributed by atoms with Gasteiger partial charge < -0.3 is 14.8 Å². The Labute approximate surface area is 181 Å². The molecule has 3 aromatic rings. The third-order valence-corrected chi connectivity index (χ3v) is 5.89. The first kappa shape index (κ1) is 21.1. The molecule has 31 heavy (non-hydrogen) atoms. The summed E-state index contributed by atoms with van der Waals surface area (Å²) in [4.78, 5) is 8.75. The van der Waals surface area contributed by atoms with Crippen LogP contribution in [-0.2, 0) is 9.71 Å². The third-order valence-electron chi connectivity index (χ3n) is 5.22. The van der Waals surface area contributed by atoms with Gasteiger partial charge in [-0.1, -0.05) is 6.08 Å². The summed E-state index contributed by atoms with van der Waals surface area (Å²) in [6, 6.07) is 8.08. The van der Waals surface area contributed by atoms with Crippen LogP contribution < -0.4 is 14.8 Å². The van der Waals surface area contributed by atoms with Crippen molar-refractivity contribution in [2.75, 3.05) is 16.3 Å². The number of halogens is 1. The molecule has 0 spiro atoms. The maximum atomic E-state index is 13.9. The summed E-state index contributed by atoms with van der Waals surface area (Å²) in [5.74, 6) is 4.74. The molecule has 162 valence electrons. The van der Waals surface area contributed by atoms with Gasteiger partial charge in [0, 0.05) is 33.1 Å². The van der Waals surface area contributed by atoms with E-state index in [0.717, 1.165) is 23.8 Å². The van der Waals surface area contributed by atoms with Gasteiger partial charge in [0.1, 0.15) is 23.7 Å². The van der Waals surface area contributed by atoms with Gasteiger partial charge in [0.15, 0.2) is 0 Å². The monoisotopic (exact) mass is 440 g/mol. The lowest BCUT2D eigenvalue weighted by molar-refractivity contribution is 0.0869. The lowest BCUT2D eigenvalue weighted by Gasteiger charge is -2.33. The van der Waals surface area contributed by atoms with E-state index in [1.807, 2.05) is 19.1 Å². The Balaban J connectivity index is 1.66. The van der Waals surface area contributed by atoms with Crippen LogP contribution in [0.25, 0.3) is 10.9 Å². The molecule has 1 atom stereocenters. The summed E-state index contributed by atoms with van der Waals surface area (Å²) in [5, 5.41) is 4.09. The Morgan fingerprint density at radius 2 is 2.03 bits per heavy atom. The van der Waals surface area contributed by atoms with Crippen molar-refractivity contribution in [1.29, 1.82) is 0 Å². The van der Waals surface area contributed by atoms with Gasteiger partial charge >= 0.3 is 0 Å². The molecule has 1 saturated carbocycles. The fourth-order valence-electron chi connectivity index (χ4n) is 3.69. The number of hydrogen-bond acceptors (Lipinski definition) is 5. The van der Waals surface area contributed by atoms with Gasteiger partial charge in [-0.3, -0.25) is 0 Å². The molecule has 1 aliphatic rings. The van der Waals surface area contributed by atoms with Crippen molar-refractivity contribution in [1.82, 2.24) is 9.97 Å². The molecule has 8 heteroatoms. The number of nitrogens with one attached hydrogen (secondary N) is 2. The number of nitrogens with zero attached hydrogens (tertiary/aromatic N) is 2. The minimum absolute atomic E-state index is 0.0365. The zero-order valence-electron chi connectivity index (χ0n) is 17.5. The van der Waals surface area contributed by atoms with Crippen molar-refractivity contribution in [2.45, 2.75) is 25.9 Å². The van der Waals surface area contributed by atoms with Crippen molar-refractivity contribution in [2.24, 2.45) is 5.92 Å². The second-order valence-corrected chi connectivity index (χ2v) is 10.2. The Kier molecular flexibility index (Phi) is 5.58. The van der Waals surface area contributed by atoms with Gasteiger partial charge in [0.05, 0.1) is 17.3 Å². The molecule has 0 aliphatic heterocycles. The van der Waals surface area contributed by atoms with Crippen molar-refractivity contribution in [3.05, 3.63) is 60.7 Å². The van der Waals surface area contributed by atoms with Gasteiger partial charge in [-0.25, -0.2) is 18.6 Å². The molecule has 1 unspecified atom stereocenters. The number of fused-ring (bicyclic) bond motifs is 1. The normalized spacial score (nSPS) is 19.8. The topological polar surface area (TPSA) is 76.1 Å². The van der Waals surface area contributed by atoms with Crippen molar-refractivity contribution in [3.63, 3.8) is 0 Å². The van der Waals surface area contributed by atoms with E-state index in [4.69, 9.17) is 4.74 Å². The largest absolute Gasteiger partial charge is 0.488 e. The van der Waals surface area contributed by atoms with Gasteiger partial charge in [-0.05, 0) is 61.4 Å². The van der Waals surface area contributed by atoms with E-state index < -0.39 is 9.71 Å². The van der Waals surface area contributed by atoms with Gasteiger partial charge in [-0.2, -0.15) is 0 Å².